The summed E-state index contributed by atoms with van der Waals surface area (Å²) in [5, 5.41) is 9.48. The van der Waals surface area contributed by atoms with Crippen LogP contribution in [0.3, 0.4) is 0 Å². The summed E-state index contributed by atoms with van der Waals surface area (Å²) in [5.74, 6) is -0.156. The molecule has 0 unspecified atom stereocenters. The zero-order valence-electron chi connectivity index (χ0n) is 10.1. The Labute approximate surface area is 102 Å². The molecule has 4 heteroatoms. The number of carbonyl (C=O) groups excluding carboxylic acids is 1. The second-order valence-corrected chi connectivity index (χ2v) is 3.28. The molecular weight excluding hydrogens is 224 g/mol. The van der Waals surface area contributed by atoms with Gasteiger partial charge in [0, 0.05) is 0 Å². The van der Waals surface area contributed by atoms with Gasteiger partial charge >= 0.3 is 5.97 Å². The molecule has 0 amide bonds. The first-order chi connectivity index (χ1) is 7.56. The fraction of sp³-hybridized carbons (Fsp3) is 0.417. The van der Waals surface area contributed by atoms with Crippen molar-refractivity contribution in [2.24, 2.45) is 0 Å². The highest BCUT2D eigenvalue weighted by molar-refractivity contribution is 7.80. The van der Waals surface area contributed by atoms with Gasteiger partial charge in [-0.2, -0.15) is 0 Å². The van der Waals surface area contributed by atoms with Gasteiger partial charge in [-0.15, -0.1) is 12.6 Å². The van der Waals surface area contributed by atoms with E-state index in [4.69, 9.17) is 4.74 Å². The number of phenolic OH excluding ortho intramolecular Hbond substituents is 1. The Morgan fingerprint density at radius 2 is 1.75 bits per heavy atom. The predicted molar refractivity (Wildman–Crippen MR) is 68.2 cm³/mol. The van der Waals surface area contributed by atoms with E-state index in [9.17, 15) is 9.90 Å². The third-order valence-corrected chi connectivity index (χ3v) is 2.05. The van der Waals surface area contributed by atoms with Crippen LogP contribution in [0.2, 0.25) is 0 Å². The molecule has 1 aromatic carbocycles. The molecule has 0 saturated carbocycles. The fourth-order valence-electron chi connectivity index (χ4n) is 1.22. The highest BCUT2D eigenvalue weighted by Crippen LogP contribution is 2.23. The lowest BCUT2D eigenvalue weighted by molar-refractivity contribution is 0.0580. The van der Waals surface area contributed by atoms with Crippen molar-refractivity contribution < 1.29 is 14.6 Å². The van der Waals surface area contributed by atoms with E-state index in [1.165, 1.54) is 0 Å². The van der Waals surface area contributed by atoms with Gasteiger partial charge in [-0.05, 0) is 37.1 Å². The zero-order chi connectivity index (χ0) is 12.7. The summed E-state index contributed by atoms with van der Waals surface area (Å²) in [6.45, 7) is 7.47. The summed E-state index contributed by atoms with van der Waals surface area (Å²) in [6, 6.07) is 3.18. The second-order valence-electron chi connectivity index (χ2n) is 3.02. The van der Waals surface area contributed by atoms with Crippen molar-refractivity contribution in [2.45, 2.75) is 27.7 Å². The maximum absolute atomic E-state index is 11.3. The van der Waals surface area contributed by atoms with Crippen molar-refractivity contribution in [1.29, 1.82) is 0 Å². The van der Waals surface area contributed by atoms with Gasteiger partial charge in [0.15, 0.2) is 0 Å². The quantitative estimate of drug-likeness (QED) is 0.476. The number of ether oxygens (including phenoxy) is 1. The maximum Gasteiger partial charge on any atom is 0.338 e. The largest absolute Gasteiger partial charge is 0.507 e. The lowest BCUT2D eigenvalue weighted by Crippen LogP contribution is -2.04. The van der Waals surface area contributed by atoms with E-state index in [2.05, 4.69) is 12.6 Å². The first-order valence-corrected chi connectivity index (χ1v) is 5.77. The molecular formula is C12H18O3S. The molecule has 0 fully saturated rings. The molecule has 3 nitrogen and oxygen atoms in total. The Morgan fingerprint density at radius 3 is 2.12 bits per heavy atom. The van der Waals surface area contributed by atoms with E-state index in [-0.39, 0.29) is 11.7 Å². The topological polar surface area (TPSA) is 46.5 Å². The lowest BCUT2D eigenvalue weighted by Gasteiger charge is -2.06. The lowest BCUT2D eigenvalue weighted by atomic mass is 10.1. The van der Waals surface area contributed by atoms with E-state index in [0.29, 0.717) is 16.7 Å². The minimum absolute atomic E-state index is 0.0534. The molecule has 0 saturated heterocycles. The van der Waals surface area contributed by atoms with Crippen LogP contribution < -0.4 is 0 Å². The Bertz CT molecular complexity index is 338. The minimum atomic E-state index is -0.425. The van der Waals surface area contributed by atoms with Crippen LogP contribution in [0.1, 0.15) is 35.3 Å². The number of hydrogen-bond acceptors (Lipinski definition) is 4. The van der Waals surface area contributed by atoms with Gasteiger partial charge in [-0.25, -0.2) is 4.79 Å². The van der Waals surface area contributed by atoms with Gasteiger partial charge < -0.3 is 9.84 Å². The normalized spacial score (nSPS) is 9.06. The third-order valence-electron chi connectivity index (χ3n) is 1.92. The number of esters is 1. The van der Waals surface area contributed by atoms with Crippen LogP contribution in [0, 0.1) is 13.8 Å². The molecule has 16 heavy (non-hydrogen) atoms. The van der Waals surface area contributed by atoms with Crippen molar-refractivity contribution in [2.75, 3.05) is 5.94 Å². The molecule has 1 N–H and O–H groups in total. The number of phenols is 1. The molecule has 0 spiro atoms. The van der Waals surface area contributed by atoms with Gasteiger partial charge in [0.1, 0.15) is 11.7 Å². The molecule has 0 aliphatic carbocycles. The van der Waals surface area contributed by atoms with Crippen molar-refractivity contribution in [1.82, 2.24) is 0 Å². The molecule has 0 bridgehead atoms. The number of aryl methyl sites for hydroxylation is 2. The van der Waals surface area contributed by atoms with Gasteiger partial charge in [-0.1, -0.05) is 13.8 Å². The van der Waals surface area contributed by atoms with Gasteiger partial charge in [0.05, 0.1) is 5.56 Å². The number of rotatable bonds is 2. The number of benzene rings is 1. The van der Waals surface area contributed by atoms with Crippen molar-refractivity contribution in [3.05, 3.63) is 28.8 Å². The van der Waals surface area contributed by atoms with Gasteiger partial charge in [0.2, 0.25) is 0 Å². The third kappa shape index (κ3) is 3.77. The molecule has 0 heterocycles. The number of hydrogen-bond donors (Lipinski definition) is 2. The molecule has 0 radical (unpaired) electrons. The van der Waals surface area contributed by atoms with Crippen molar-refractivity contribution in [3.63, 3.8) is 0 Å². The molecule has 90 valence electrons. The fourth-order valence-corrected chi connectivity index (χ4v) is 1.33. The molecule has 0 aliphatic rings. The summed E-state index contributed by atoms with van der Waals surface area (Å²) in [6.07, 6.45) is 0. The summed E-state index contributed by atoms with van der Waals surface area (Å²) in [4.78, 5) is 11.3. The van der Waals surface area contributed by atoms with E-state index < -0.39 is 5.97 Å². The highest BCUT2D eigenvalue weighted by Gasteiger charge is 2.10. The average Bonchev–Trinajstić information content (AvgIpc) is 2.28. The van der Waals surface area contributed by atoms with Crippen LogP contribution >= 0.6 is 12.6 Å². The smallest absolute Gasteiger partial charge is 0.338 e. The zero-order valence-corrected chi connectivity index (χ0v) is 11.0. The van der Waals surface area contributed by atoms with E-state index in [1.807, 2.05) is 13.8 Å². The summed E-state index contributed by atoms with van der Waals surface area (Å²) >= 11 is 3.79. The van der Waals surface area contributed by atoms with Crippen LogP contribution in [0.15, 0.2) is 12.1 Å². The Balaban J connectivity index is 0.00000106. The van der Waals surface area contributed by atoms with Crippen LogP contribution in [0.4, 0.5) is 0 Å². The highest BCUT2D eigenvalue weighted by atomic mass is 32.1. The minimum Gasteiger partial charge on any atom is -0.507 e. The van der Waals surface area contributed by atoms with E-state index in [1.54, 1.807) is 26.0 Å². The maximum atomic E-state index is 11.3. The molecule has 0 atom stereocenters. The van der Waals surface area contributed by atoms with E-state index >= 15 is 0 Å². The van der Waals surface area contributed by atoms with Crippen LogP contribution in [-0.4, -0.2) is 17.0 Å². The van der Waals surface area contributed by atoms with Gasteiger partial charge in [-0.3, -0.25) is 0 Å². The summed E-state index contributed by atoms with van der Waals surface area (Å²) in [5.41, 5.74) is 1.76. The molecule has 0 aromatic heterocycles. The van der Waals surface area contributed by atoms with Crippen molar-refractivity contribution in [3.8, 4) is 5.75 Å². The second kappa shape index (κ2) is 7.17. The Kier molecular flexibility index (Phi) is 6.65. The number of carbonyl (C=O) groups is 1. The summed E-state index contributed by atoms with van der Waals surface area (Å²) < 4.78 is 4.72. The van der Waals surface area contributed by atoms with Crippen LogP contribution in [-0.2, 0) is 4.74 Å². The van der Waals surface area contributed by atoms with Crippen LogP contribution in [0.5, 0.6) is 5.75 Å². The number of thiol groups is 1. The Morgan fingerprint density at radius 1 is 1.31 bits per heavy atom. The first kappa shape index (κ1) is 14.8. The van der Waals surface area contributed by atoms with E-state index in [0.717, 1.165) is 0 Å². The van der Waals surface area contributed by atoms with Crippen LogP contribution in [0.25, 0.3) is 0 Å². The molecule has 0 aliphatic heterocycles. The van der Waals surface area contributed by atoms with Crippen molar-refractivity contribution >= 4 is 18.6 Å². The first-order valence-electron chi connectivity index (χ1n) is 5.14. The molecule has 1 rings (SSSR count). The monoisotopic (exact) mass is 242 g/mol. The Hall–Kier alpha value is -1.16. The predicted octanol–water partition coefficient (Wildman–Crippen LogP) is 3.08. The number of aromatic hydroxyl groups is 1. The average molecular weight is 242 g/mol. The summed E-state index contributed by atoms with van der Waals surface area (Å²) in [7, 11) is 0. The molecule has 1 aromatic rings. The SMILES string of the molecule is CC.Cc1cc(C(=O)OCS)cc(C)c1O. The van der Waals surface area contributed by atoms with Gasteiger partial charge in [0.25, 0.3) is 0 Å². The standard InChI is InChI=1S/C10H12O3S.C2H6/c1-6-3-8(10(12)13-5-14)4-7(2)9(6)11;1-2/h3-4,11,14H,5H2,1-2H3;1-2H3.